The van der Waals surface area contributed by atoms with E-state index in [1.807, 2.05) is 32.0 Å². The molecule has 3 rings (SSSR count). The fourth-order valence-electron chi connectivity index (χ4n) is 2.20. The SMILES string of the molecule is Cc1cccc(-c2nc(Cl)c3cc(F)c(F)cc3n2)c1C. The fraction of sp³-hybridized carbons (Fsp3) is 0.125. The van der Waals surface area contributed by atoms with Crippen molar-refractivity contribution in [1.82, 2.24) is 9.97 Å². The van der Waals surface area contributed by atoms with Crippen molar-refractivity contribution >= 4 is 22.5 Å². The molecule has 0 aliphatic carbocycles. The zero-order valence-electron chi connectivity index (χ0n) is 11.4. The molecular formula is C16H11ClF2N2. The molecule has 0 bridgehead atoms. The highest BCUT2D eigenvalue weighted by atomic mass is 35.5. The maximum absolute atomic E-state index is 13.4. The molecule has 0 spiro atoms. The van der Waals surface area contributed by atoms with Gasteiger partial charge in [0.05, 0.1) is 5.52 Å². The van der Waals surface area contributed by atoms with Crippen molar-refractivity contribution in [2.24, 2.45) is 0 Å². The normalized spacial score (nSPS) is 11.1. The Bertz CT molecular complexity index is 863. The number of hydrogen-bond donors (Lipinski definition) is 0. The highest BCUT2D eigenvalue weighted by Crippen LogP contribution is 2.28. The second kappa shape index (κ2) is 5.04. The predicted molar refractivity (Wildman–Crippen MR) is 79.4 cm³/mol. The van der Waals surface area contributed by atoms with Crippen LogP contribution in [0.4, 0.5) is 8.78 Å². The molecule has 0 aliphatic rings. The van der Waals surface area contributed by atoms with E-state index in [1.54, 1.807) is 0 Å². The number of fused-ring (bicyclic) bond motifs is 1. The van der Waals surface area contributed by atoms with Crippen molar-refractivity contribution in [3.05, 3.63) is 58.2 Å². The van der Waals surface area contributed by atoms with Crippen molar-refractivity contribution < 1.29 is 8.78 Å². The molecule has 2 nitrogen and oxygen atoms in total. The number of nitrogens with zero attached hydrogens (tertiary/aromatic N) is 2. The van der Waals surface area contributed by atoms with E-state index in [4.69, 9.17) is 11.6 Å². The number of aromatic nitrogens is 2. The lowest BCUT2D eigenvalue weighted by atomic mass is 10.0. The molecular weight excluding hydrogens is 294 g/mol. The number of aryl methyl sites for hydroxylation is 1. The summed E-state index contributed by atoms with van der Waals surface area (Å²) in [5, 5.41) is 0.402. The van der Waals surface area contributed by atoms with Crippen LogP contribution < -0.4 is 0 Å². The molecule has 0 N–H and O–H groups in total. The van der Waals surface area contributed by atoms with Gasteiger partial charge in [-0.25, -0.2) is 18.7 Å². The minimum Gasteiger partial charge on any atom is -0.228 e. The Labute approximate surface area is 125 Å². The molecule has 21 heavy (non-hydrogen) atoms. The van der Waals surface area contributed by atoms with Gasteiger partial charge in [0.1, 0.15) is 5.15 Å². The topological polar surface area (TPSA) is 25.8 Å². The second-order valence-electron chi connectivity index (χ2n) is 4.87. The zero-order chi connectivity index (χ0) is 15.1. The first-order chi connectivity index (χ1) is 9.97. The molecule has 1 aromatic heterocycles. The van der Waals surface area contributed by atoms with Crippen LogP contribution in [0.25, 0.3) is 22.3 Å². The van der Waals surface area contributed by atoms with Crippen molar-refractivity contribution in [3.63, 3.8) is 0 Å². The smallest absolute Gasteiger partial charge is 0.161 e. The van der Waals surface area contributed by atoms with Crippen LogP contribution in [0.2, 0.25) is 5.15 Å². The van der Waals surface area contributed by atoms with Gasteiger partial charge in [-0.15, -0.1) is 0 Å². The zero-order valence-corrected chi connectivity index (χ0v) is 12.2. The Morgan fingerprint density at radius 3 is 2.48 bits per heavy atom. The van der Waals surface area contributed by atoms with Crippen LogP contribution in [0.1, 0.15) is 11.1 Å². The van der Waals surface area contributed by atoms with E-state index in [-0.39, 0.29) is 10.7 Å². The van der Waals surface area contributed by atoms with E-state index >= 15 is 0 Å². The van der Waals surface area contributed by atoms with Gasteiger partial charge in [0.25, 0.3) is 0 Å². The van der Waals surface area contributed by atoms with Gasteiger partial charge in [0, 0.05) is 17.0 Å². The van der Waals surface area contributed by atoms with Gasteiger partial charge in [0.15, 0.2) is 17.5 Å². The van der Waals surface area contributed by atoms with Crippen molar-refractivity contribution in [2.45, 2.75) is 13.8 Å². The molecule has 3 aromatic rings. The van der Waals surface area contributed by atoms with E-state index in [0.717, 1.165) is 28.8 Å². The van der Waals surface area contributed by atoms with Crippen LogP contribution in [-0.4, -0.2) is 9.97 Å². The molecule has 0 saturated carbocycles. The minimum absolute atomic E-state index is 0.106. The quantitative estimate of drug-likeness (QED) is 0.601. The van der Waals surface area contributed by atoms with E-state index in [0.29, 0.717) is 11.2 Å². The lowest BCUT2D eigenvalue weighted by Crippen LogP contribution is -1.96. The van der Waals surface area contributed by atoms with Gasteiger partial charge in [-0.1, -0.05) is 29.8 Å². The second-order valence-corrected chi connectivity index (χ2v) is 5.23. The molecule has 106 valence electrons. The molecule has 0 atom stereocenters. The van der Waals surface area contributed by atoms with Crippen LogP contribution in [0, 0.1) is 25.5 Å². The van der Waals surface area contributed by atoms with E-state index in [1.165, 1.54) is 0 Å². The Morgan fingerprint density at radius 2 is 1.71 bits per heavy atom. The molecule has 0 saturated heterocycles. The highest BCUT2D eigenvalue weighted by Gasteiger charge is 2.13. The predicted octanol–water partition coefficient (Wildman–Crippen LogP) is 4.85. The van der Waals surface area contributed by atoms with Crippen LogP contribution in [0.3, 0.4) is 0 Å². The summed E-state index contributed by atoms with van der Waals surface area (Å²) in [4.78, 5) is 8.52. The van der Waals surface area contributed by atoms with Crippen LogP contribution in [-0.2, 0) is 0 Å². The molecule has 0 fully saturated rings. The number of halogens is 3. The lowest BCUT2D eigenvalue weighted by Gasteiger charge is -2.09. The van der Waals surface area contributed by atoms with Crippen LogP contribution in [0.15, 0.2) is 30.3 Å². The first-order valence-corrected chi connectivity index (χ1v) is 6.74. The number of rotatable bonds is 1. The standard InChI is InChI=1S/C16H11ClF2N2/c1-8-4-3-5-10(9(8)2)16-20-14-7-13(19)12(18)6-11(14)15(17)21-16/h3-7H,1-2H3. The third-order valence-corrected chi connectivity index (χ3v) is 3.82. The molecule has 0 unspecified atom stereocenters. The maximum atomic E-state index is 13.4. The third kappa shape index (κ3) is 2.36. The monoisotopic (exact) mass is 304 g/mol. The number of benzene rings is 2. The Balaban J connectivity index is 2.30. The van der Waals surface area contributed by atoms with E-state index in [9.17, 15) is 8.78 Å². The van der Waals surface area contributed by atoms with E-state index < -0.39 is 11.6 Å². The maximum Gasteiger partial charge on any atom is 0.161 e. The Hall–Kier alpha value is -2.07. The van der Waals surface area contributed by atoms with Gasteiger partial charge >= 0.3 is 0 Å². The summed E-state index contributed by atoms with van der Waals surface area (Å²) in [6.07, 6.45) is 0. The summed E-state index contributed by atoms with van der Waals surface area (Å²) in [6.45, 7) is 3.94. The lowest BCUT2D eigenvalue weighted by molar-refractivity contribution is 0.510. The molecule has 0 radical (unpaired) electrons. The van der Waals surface area contributed by atoms with Gasteiger partial charge < -0.3 is 0 Å². The summed E-state index contributed by atoms with van der Waals surface area (Å²) in [6, 6.07) is 7.80. The van der Waals surface area contributed by atoms with Crippen LogP contribution >= 0.6 is 11.6 Å². The summed E-state index contributed by atoms with van der Waals surface area (Å²) >= 11 is 6.09. The molecule has 1 heterocycles. The third-order valence-electron chi connectivity index (χ3n) is 3.54. The van der Waals surface area contributed by atoms with Crippen molar-refractivity contribution in [1.29, 1.82) is 0 Å². The fourth-order valence-corrected chi connectivity index (χ4v) is 2.43. The van der Waals surface area contributed by atoms with Crippen molar-refractivity contribution in [3.8, 4) is 11.4 Å². The minimum atomic E-state index is -0.965. The van der Waals surface area contributed by atoms with Gasteiger partial charge in [0.2, 0.25) is 0 Å². The summed E-state index contributed by atoms with van der Waals surface area (Å²) < 4.78 is 26.7. The average Bonchev–Trinajstić information content (AvgIpc) is 2.44. The van der Waals surface area contributed by atoms with Crippen molar-refractivity contribution in [2.75, 3.05) is 0 Å². The summed E-state index contributed by atoms with van der Waals surface area (Å²) in [5.41, 5.74) is 3.22. The highest BCUT2D eigenvalue weighted by molar-refractivity contribution is 6.34. The van der Waals surface area contributed by atoms with Gasteiger partial charge in [-0.2, -0.15) is 0 Å². The Morgan fingerprint density at radius 1 is 1.00 bits per heavy atom. The molecule has 5 heteroatoms. The largest absolute Gasteiger partial charge is 0.228 e. The van der Waals surface area contributed by atoms with Gasteiger partial charge in [-0.05, 0) is 31.0 Å². The Kier molecular flexibility index (Phi) is 3.33. The van der Waals surface area contributed by atoms with Crippen LogP contribution in [0.5, 0.6) is 0 Å². The molecule has 0 amide bonds. The summed E-state index contributed by atoms with van der Waals surface area (Å²) in [7, 11) is 0. The average molecular weight is 305 g/mol. The van der Waals surface area contributed by atoms with E-state index in [2.05, 4.69) is 9.97 Å². The number of hydrogen-bond acceptors (Lipinski definition) is 2. The summed E-state index contributed by atoms with van der Waals surface area (Å²) in [5.74, 6) is -1.52. The first-order valence-electron chi connectivity index (χ1n) is 6.36. The first kappa shape index (κ1) is 13.9. The van der Waals surface area contributed by atoms with Gasteiger partial charge in [-0.3, -0.25) is 0 Å². The molecule has 0 aliphatic heterocycles. The molecule has 2 aromatic carbocycles.